The largest absolute Gasteiger partial charge is 0.349 e. The SMILES string of the molecule is CC[C@@H](NC(=O)CSc1nc2ccc(Cl)cc2[nH]1)c1ccc(C)cc1. The van der Waals surface area contributed by atoms with Crippen LogP contribution in [0.1, 0.15) is 30.5 Å². The Morgan fingerprint density at radius 1 is 1.28 bits per heavy atom. The van der Waals surface area contributed by atoms with Gasteiger partial charge in [-0.25, -0.2) is 4.98 Å². The predicted octanol–water partition coefficient (Wildman–Crippen LogP) is 4.88. The maximum Gasteiger partial charge on any atom is 0.230 e. The van der Waals surface area contributed by atoms with Gasteiger partial charge in [-0.2, -0.15) is 0 Å². The zero-order chi connectivity index (χ0) is 17.8. The zero-order valence-electron chi connectivity index (χ0n) is 14.2. The molecule has 0 radical (unpaired) electrons. The molecule has 4 nitrogen and oxygen atoms in total. The van der Waals surface area contributed by atoms with E-state index in [9.17, 15) is 4.79 Å². The molecule has 0 aliphatic carbocycles. The molecule has 1 amide bonds. The Morgan fingerprint density at radius 3 is 2.76 bits per heavy atom. The van der Waals surface area contributed by atoms with Crippen LogP contribution in [0, 0.1) is 6.92 Å². The van der Waals surface area contributed by atoms with Crippen molar-refractivity contribution >= 4 is 40.3 Å². The quantitative estimate of drug-likeness (QED) is 0.605. The normalized spacial score (nSPS) is 12.3. The van der Waals surface area contributed by atoms with Crippen molar-refractivity contribution in [3.05, 3.63) is 58.6 Å². The van der Waals surface area contributed by atoms with E-state index in [4.69, 9.17) is 11.6 Å². The first-order valence-corrected chi connectivity index (χ1v) is 9.55. The van der Waals surface area contributed by atoms with Gasteiger partial charge in [0.1, 0.15) is 0 Å². The minimum atomic E-state index is -0.00378. The Balaban J connectivity index is 1.60. The minimum Gasteiger partial charge on any atom is -0.349 e. The fourth-order valence-corrected chi connectivity index (χ4v) is 3.48. The standard InChI is InChI=1S/C19H20ClN3OS/c1-3-15(13-6-4-12(2)5-7-13)21-18(24)11-25-19-22-16-9-8-14(20)10-17(16)23-19/h4-10,15H,3,11H2,1-2H3,(H,21,24)(H,22,23)/t15-/m1/s1. The molecule has 130 valence electrons. The van der Waals surface area contributed by atoms with Gasteiger partial charge in [0.25, 0.3) is 0 Å². The Bertz CT molecular complexity index is 876. The van der Waals surface area contributed by atoms with Gasteiger partial charge < -0.3 is 10.3 Å². The van der Waals surface area contributed by atoms with Crippen LogP contribution in [0.15, 0.2) is 47.6 Å². The smallest absolute Gasteiger partial charge is 0.230 e. The minimum absolute atomic E-state index is 0.00378. The number of carbonyl (C=O) groups excluding carboxylic acids is 1. The van der Waals surface area contributed by atoms with Crippen LogP contribution in [0.4, 0.5) is 0 Å². The van der Waals surface area contributed by atoms with Crippen LogP contribution >= 0.6 is 23.4 Å². The van der Waals surface area contributed by atoms with Crippen molar-refractivity contribution in [1.29, 1.82) is 0 Å². The first-order valence-electron chi connectivity index (χ1n) is 8.19. The summed E-state index contributed by atoms with van der Waals surface area (Å²) in [5.41, 5.74) is 4.06. The fraction of sp³-hybridized carbons (Fsp3) is 0.263. The van der Waals surface area contributed by atoms with Gasteiger partial charge in [-0.05, 0) is 37.1 Å². The molecule has 1 atom stereocenters. The summed E-state index contributed by atoms with van der Waals surface area (Å²) in [6.07, 6.45) is 0.850. The van der Waals surface area contributed by atoms with E-state index in [2.05, 4.69) is 53.4 Å². The molecule has 25 heavy (non-hydrogen) atoms. The van der Waals surface area contributed by atoms with Crippen molar-refractivity contribution in [3.63, 3.8) is 0 Å². The molecule has 0 aliphatic heterocycles. The average molecular weight is 374 g/mol. The first-order chi connectivity index (χ1) is 12.0. The predicted molar refractivity (Wildman–Crippen MR) is 104 cm³/mol. The number of rotatable bonds is 6. The van der Waals surface area contributed by atoms with Crippen molar-refractivity contribution in [2.45, 2.75) is 31.5 Å². The van der Waals surface area contributed by atoms with Crippen LogP contribution in [0.25, 0.3) is 11.0 Å². The highest BCUT2D eigenvalue weighted by Crippen LogP contribution is 2.23. The summed E-state index contributed by atoms with van der Waals surface area (Å²) in [6.45, 7) is 4.13. The van der Waals surface area contributed by atoms with E-state index in [1.165, 1.54) is 17.3 Å². The lowest BCUT2D eigenvalue weighted by atomic mass is 10.0. The average Bonchev–Trinajstić information content (AvgIpc) is 3.00. The van der Waals surface area contributed by atoms with Crippen molar-refractivity contribution in [1.82, 2.24) is 15.3 Å². The number of aromatic nitrogens is 2. The van der Waals surface area contributed by atoms with Gasteiger partial charge in [0.05, 0.1) is 22.8 Å². The summed E-state index contributed by atoms with van der Waals surface area (Å²) < 4.78 is 0. The van der Waals surface area contributed by atoms with Crippen LogP contribution in [-0.4, -0.2) is 21.6 Å². The topological polar surface area (TPSA) is 57.8 Å². The highest BCUT2D eigenvalue weighted by Gasteiger charge is 2.13. The van der Waals surface area contributed by atoms with E-state index in [1.807, 2.05) is 12.1 Å². The number of H-pyrrole nitrogens is 1. The number of aromatic amines is 1. The second-order valence-electron chi connectivity index (χ2n) is 5.93. The van der Waals surface area contributed by atoms with Crippen molar-refractivity contribution in [3.8, 4) is 0 Å². The molecule has 0 spiro atoms. The summed E-state index contributed by atoms with van der Waals surface area (Å²) in [5, 5.41) is 4.47. The van der Waals surface area contributed by atoms with Crippen molar-refractivity contribution in [2.75, 3.05) is 5.75 Å². The van der Waals surface area contributed by atoms with Crippen LogP contribution in [0.3, 0.4) is 0 Å². The van der Waals surface area contributed by atoms with Gasteiger partial charge in [-0.1, -0.05) is 60.1 Å². The number of imidazole rings is 1. The van der Waals surface area contributed by atoms with Gasteiger partial charge in [0, 0.05) is 5.02 Å². The van der Waals surface area contributed by atoms with E-state index < -0.39 is 0 Å². The monoisotopic (exact) mass is 373 g/mol. The van der Waals surface area contributed by atoms with Crippen LogP contribution in [-0.2, 0) is 4.79 Å². The third kappa shape index (κ3) is 4.55. The lowest BCUT2D eigenvalue weighted by Gasteiger charge is -2.17. The molecule has 3 aromatic rings. The molecule has 1 heterocycles. The molecule has 1 aromatic heterocycles. The van der Waals surface area contributed by atoms with Gasteiger partial charge in [0.15, 0.2) is 5.16 Å². The fourth-order valence-electron chi connectivity index (χ4n) is 2.62. The molecular formula is C19H20ClN3OS. The molecule has 0 aliphatic rings. The van der Waals surface area contributed by atoms with Crippen LogP contribution in [0.2, 0.25) is 5.02 Å². The highest BCUT2D eigenvalue weighted by molar-refractivity contribution is 7.99. The van der Waals surface area contributed by atoms with Gasteiger partial charge in [-0.3, -0.25) is 4.79 Å². The second-order valence-corrected chi connectivity index (χ2v) is 7.33. The number of halogens is 1. The number of benzene rings is 2. The lowest BCUT2D eigenvalue weighted by Crippen LogP contribution is -2.29. The maximum absolute atomic E-state index is 12.3. The van der Waals surface area contributed by atoms with E-state index in [0.717, 1.165) is 28.2 Å². The molecule has 2 N–H and O–H groups in total. The van der Waals surface area contributed by atoms with Crippen molar-refractivity contribution < 1.29 is 4.79 Å². The number of fused-ring (bicyclic) bond motifs is 1. The van der Waals surface area contributed by atoms with Gasteiger partial charge in [0.2, 0.25) is 5.91 Å². The van der Waals surface area contributed by atoms with E-state index in [-0.39, 0.29) is 11.9 Å². The molecule has 0 fully saturated rings. The Hall–Kier alpha value is -1.98. The molecule has 0 saturated heterocycles. The maximum atomic E-state index is 12.3. The van der Waals surface area contributed by atoms with E-state index in [1.54, 1.807) is 6.07 Å². The van der Waals surface area contributed by atoms with Gasteiger partial charge >= 0.3 is 0 Å². The summed E-state index contributed by atoms with van der Waals surface area (Å²) >= 11 is 7.37. The third-order valence-electron chi connectivity index (χ3n) is 3.99. The summed E-state index contributed by atoms with van der Waals surface area (Å²) in [4.78, 5) is 19.9. The number of nitrogens with one attached hydrogen (secondary N) is 2. The second kappa shape index (κ2) is 7.93. The van der Waals surface area contributed by atoms with E-state index >= 15 is 0 Å². The molecule has 3 rings (SSSR count). The molecule has 0 saturated carbocycles. The number of aryl methyl sites for hydroxylation is 1. The number of hydrogen-bond donors (Lipinski definition) is 2. The number of thioether (sulfide) groups is 1. The molecule has 2 aromatic carbocycles. The number of amides is 1. The van der Waals surface area contributed by atoms with Crippen LogP contribution < -0.4 is 5.32 Å². The zero-order valence-corrected chi connectivity index (χ0v) is 15.7. The number of hydrogen-bond acceptors (Lipinski definition) is 3. The summed E-state index contributed by atoms with van der Waals surface area (Å²) in [7, 11) is 0. The van der Waals surface area contributed by atoms with Gasteiger partial charge in [-0.15, -0.1) is 0 Å². The number of nitrogens with zero attached hydrogens (tertiary/aromatic N) is 1. The Kier molecular flexibility index (Phi) is 5.66. The number of carbonyl (C=O) groups is 1. The highest BCUT2D eigenvalue weighted by atomic mass is 35.5. The van der Waals surface area contributed by atoms with Crippen molar-refractivity contribution in [2.24, 2.45) is 0 Å². The Morgan fingerprint density at radius 2 is 2.04 bits per heavy atom. The molecule has 6 heteroatoms. The summed E-state index contributed by atoms with van der Waals surface area (Å²) in [6, 6.07) is 13.8. The van der Waals surface area contributed by atoms with Crippen LogP contribution in [0.5, 0.6) is 0 Å². The Labute approximate surface area is 156 Å². The lowest BCUT2D eigenvalue weighted by molar-refractivity contribution is -0.119. The first kappa shape index (κ1) is 17.8. The molecule has 0 unspecified atom stereocenters. The molecular weight excluding hydrogens is 354 g/mol. The molecule has 0 bridgehead atoms. The van der Waals surface area contributed by atoms with E-state index in [0.29, 0.717) is 10.8 Å². The third-order valence-corrected chi connectivity index (χ3v) is 5.09. The summed E-state index contributed by atoms with van der Waals surface area (Å²) in [5.74, 6) is 0.312.